The molecule has 1 aromatic carbocycles. The minimum atomic E-state index is -3.69. The van der Waals surface area contributed by atoms with E-state index in [1.165, 1.54) is 16.4 Å². The number of carbonyl (C=O) groups is 1. The monoisotopic (exact) mass is 389 g/mol. The average Bonchev–Trinajstić information content (AvgIpc) is 2.93. The molecule has 0 radical (unpaired) electrons. The number of carbonyl (C=O) groups excluding carboxylic acids is 1. The van der Waals surface area contributed by atoms with Crippen LogP contribution < -0.4 is 11.4 Å². The Morgan fingerprint density at radius 2 is 1.76 bits per heavy atom. The predicted octanol–water partition coefficient (Wildman–Crippen LogP) is -0.542. The molecule has 2 aromatic rings. The number of hydrogen-bond acceptors (Lipinski definition) is 5. The van der Waals surface area contributed by atoms with Crippen LogP contribution in [-0.4, -0.2) is 65.7 Å². The Balaban J connectivity index is 0.00000225. The van der Waals surface area contributed by atoms with Crippen molar-refractivity contribution in [3.05, 3.63) is 28.7 Å². The first kappa shape index (κ1) is 19.4. The van der Waals surface area contributed by atoms with Crippen LogP contribution in [0.5, 0.6) is 0 Å². The minimum Gasteiger partial charge on any atom is -0.339 e. The van der Waals surface area contributed by atoms with Crippen molar-refractivity contribution in [3.8, 4) is 0 Å². The highest BCUT2D eigenvalue weighted by atomic mass is 35.5. The Morgan fingerprint density at radius 1 is 1.16 bits per heavy atom. The molecule has 0 bridgehead atoms. The third kappa shape index (κ3) is 3.71. The number of imidazole rings is 1. The van der Waals surface area contributed by atoms with Crippen LogP contribution in [0.4, 0.5) is 0 Å². The number of H-pyrrole nitrogens is 2. The highest BCUT2D eigenvalue weighted by molar-refractivity contribution is 7.89. The van der Waals surface area contributed by atoms with Gasteiger partial charge in [-0.15, -0.1) is 12.4 Å². The Hall–Kier alpha value is -1.88. The van der Waals surface area contributed by atoms with E-state index < -0.39 is 16.1 Å². The Kier molecular flexibility index (Phi) is 5.57. The lowest BCUT2D eigenvalue weighted by atomic mass is 10.2. The maximum atomic E-state index is 12.7. The van der Waals surface area contributed by atoms with Gasteiger partial charge in [-0.2, -0.15) is 4.31 Å². The summed E-state index contributed by atoms with van der Waals surface area (Å²) < 4.78 is 26.8. The highest BCUT2D eigenvalue weighted by Crippen LogP contribution is 2.20. The molecule has 25 heavy (non-hydrogen) atoms. The van der Waals surface area contributed by atoms with Gasteiger partial charge in [0.1, 0.15) is 0 Å². The van der Waals surface area contributed by atoms with E-state index in [1.54, 1.807) is 17.9 Å². The number of sulfonamides is 1. The summed E-state index contributed by atoms with van der Waals surface area (Å²) in [6, 6.07) is 3.85. The van der Waals surface area contributed by atoms with Gasteiger partial charge in [-0.05, 0) is 25.1 Å². The van der Waals surface area contributed by atoms with E-state index >= 15 is 0 Å². The molecule has 0 unspecified atom stereocenters. The van der Waals surface area contributed by atoms with Crippen molar-refractivity contribution in [2.75, 3.05) is 26.2 Å². The summed E-state index contributed by atoms with van der Waals surface area (Å²) in [4.78, 5) is 30.0. The normalized spacial score (nSPS) is 17.3. The minimum absolute atomic E-state index is 0. The van der Waals surface area contributed by atoms with Gasteiger partial charge >= 0.3 is 5.69 Å². The van der Waals surface area contributed by atoms with Gasteiger partial charge in [0.2, 0.25) is 15.9 Å². The number of nitrogens with zero attached hydrogens (tertiary/aromatic N) is 2. The SMILES string of the molecule is C[C@@H](N)C(=O)N1CCN(S(=O)(=O)c2ccc3[nH]c(=O)[nH]c3c2)CC1.Cl. The van der Waals surface area contributed by atoms with Crippen molar-refractivity contribution >= 4 is 39.4 Å². The quantitative estimate of drug-likeness (QED) is 0.648. The molecule has 1 amide bonds. The lowest BCUT2D eigenvalue weighted by Crippen LogP contribution is -2.53. The first-order valence-electron chi connectivity index (χ1n) is 7.55. The molecule has 11 heteroatoms. The van der Waals surface area contributed by atoms with E-state index in [2.05, 4.69) is 9.97 Å². The van der Waals surface area contributed by atoms with Gasteiger partial charge in [0.25, 0.3) is 0 Å². The number of nitrogens with two attached hydrogens (primary N) is 1. The first-order chi connectivity index (χ1) is 11.3. The Bertz CT molecular complexity index is 928. The lowest BCUT2D eigenvalue weighted by Gasteiger charge is -2.34. The number of nitrogens with one attached hydrogen (secondary N) is 2. The molecular formula is C14H20ClN5O4S. The van der Waals surface area contributed by atoms with Crippen LogP contribution in [0.3, 0.4) is 0 Å². The zero-order chi connectivity index (χ0) is 17.5. The van der Waals surface area contributed by atoms with E-state index in [0.717, 1.165) is 0 Å². The summed E-state index contributed by atoms with van der Waals surface area (Å²) in [5.41, 5.74) is 6.18. The number of rotatable bonds is 3. The van der Waals surface area contributed by atoms with Gasteiger partial charge in [0, 0.05) is 26.2 Å². The molecule has 1 aliphatic heterocycles. The highest BCUT2D eigenvalue weighted by Gasteiger charge is 2.31. The fraction of sp³-hybridized carbons (Fsp3) is 0.429. The second-order valence-corrected chi connectivity index (χ2v) is 7.74. The molecule has 1 saturated heterocycles. The number of halogens is 1. The van der Waals surface area contributed by atoms with Gasteiger partial charge in [-0.25, -0.2) is 13.2 Å². The van der Waals surface area contributed by atoms with Crippen LogP contribution in [0.1, 0.15) is 6.92 Å². The van der Waals surface area contributed by atoms with Gasteiger partial charge < -0.3 is 20.6 Å². The van der Waals surface area contributed by atoms with E-state index in [4.69, 9.17) is 5.73 Å². The van der Waals surface area contributed by atoms with E-state index in [1.807, 2.05) is 0 Å². The second-order valence-electron chi connectivity index (χ2n) is 5.80. The van der Waals surface area contributed by atoms with Gasteiger partial charge in [0.05, 0.1) is 22.0 Å². The maximum absolute atomic E-state index is 12.7. The maximum Gasteiger partial charge on any atom is 0.323 e. The largest absolute Gasteiger partial charge is 0.339 e. The molecule has 1 fully saturated rings. The van der Waals surface area contributed by atoms with E-state index in [9.17, 15) is 18.0 Å². The summed E-state index contributed by atoms with van der Waals surface area (Å²) >= 11 is 0. The summed E-state index contributed by atoms with van der Waals surface area (Å²) in [5, 5.41) is 0. The van der Waals surface area contributed by atoms with Crippen LogP contribution >= 0.6 is 12.4 Å². The zero-order valence-corrected chi connectivity index (χ0v) is 15.2. The zero-order valence-electron chi connectivity index (χ0n) is 13.6. The Morgan fingerprint density at radius 3 is 2.36 bits per heavy atom. The van der Waals surface area contributed by atoms with Crippen LogP contribution in [0.2, 0.25) is 0 Å². The average molecular weight is 390 g/mol. The molecule has 0 spiro atoms. The number of hydrogen-bond donors (Lipinski definition) is 3. The lowest BCUT2D eigenvalue weighted by molar-refractivity contribution is -0.133. The van der Waals surface area contributed by atoms with Crippen molar-refractivity contribution in [1.29, 1.82) is 0 Å². The van der Waals surface area contributed by atoms with Crippen LogP contribution in [0.25, 0.3) is 11.0 Å². The molecule has 3 rings (SSSR count). The van der Waals surface area contributed by atoms with Crippen molar-refractivity contribution < 1.29 is 13.2 Å². The molecule has 9 nitrogen and oxygen atoms in total. The molecule has 0 aliphatic carbocycles. The van der Waals surface area contributed by atoms with Gasteiger partial charge in [-0.3, -0.25) is 4.79 Å². The topological polar surface area (TPSA) is 132 Å². The molecule has 4 N–H and O–H groups in total. The van der Waals surface area contributed by atoms with Crippen LogP contribution in [0.15, 0.2) is 27.9 Å². The summed E-state index contributed by atoms with van der Waals surface area (Å²) in [7, 11) is -3.69. The fourth-order valence-corrected chi connectivity index (χ4v) is 4.21. The molecule has 1 aromatic heterocycles. The number of benzene rings is 1. The first-order valence-corrected chi connectivity index (χ1v) is 8.99. The molecule has 1 atom stereocenters. The smallest absolute Gasteiger partial charge is 0.323 e. The molecule has 0 saturated carbocycles. The third-order valence-corrected chi connectivity index (χ3v) is 5.96. The Labute approximate surface area is 150 Å². The predicted molar refractivity (Wildman–Crippen MR) is 95.2 cm³/mol. The molecular weight excluding hydrogens is 370 g/mol. The van der Waals surface area contributed by atoms with Crippen LogP contribution in [0, 0.1) is 0 Å². The summed E-state index contributed by atoms with van der Waals surface area (Å²) in [5.74, 6) is -0.182. The standard InChI is InChI=1S/C14H19N5O4S.ClH/c1-9(15)13(20)18-4-6-19(7-5-18)24(22,23)10-2-3-11-12(8-10)17-14(21)16-11;/h2-3,8-9H,4-7,15H2,1H3,(H2,16,17,21);1H/t9-;/m1./s1. The summed E-state index contributed by atoms with van der Waals surface area (Å²) in [6.45, 7) is 2.65. The van der Waals surface area contributed by atoms with Crippen molar-refractivity contribution in [3.63, 3.8) is 0 Å². The number of amides is 1. The van der Waals surface area contributed by atoms with Gasteiger partial charge in [-0.1, -0.05) is 0 Å². The van der Waals surface area contributed by atoms with E-state index in [-0.39, 0.29) is 42.0 Å². The van der Waals surface area contributed by atoms with Crippen molar-refractivity contribution in [2.45, 2.75) is 17.9 Å². The molecule has 138 valence electrons. The number of aromatic nitrogens is 2. The number of fused-ring (bicyclic) bond motifs is 1. The fourth-order valence-electron chi connectivity index (χ4n) is 2.76. The van der Waals surface area contributed by atoms with Crippen molar-refractivity contribution in [1.82, 2.24) is 19.2 Å². The summed E-state index contributed by atoms with van der Waals surface area (Å²) in [6.07, 6.45) is 0. The third-order valence-electron chi connectivity index (χ3n) is 4.07. The number of aromatic amines is 2. The second kappa shape index (κ2) is 7.16. The van der Waals surface area contributed by atoms with Crippen LogP contribution in [-0.2, 0) is 14.8 Å². The van der Waals surface area contributed by atoms with Crippen molar-refractivity contribution in [2.24, 2.45) is 5.73 Å². The van der Waals surface area contributed by atoms with Gasteiger partial charge in [0.15, 0.2) is 0 Å². The van der Waals surface area contributed by atoms with E-state index in [0.29, 0.717) is 24.1 Å². The molecule has 2 heterocycles. The molecule has 1 aliphatic rings. The number of piperazine rings is 1.